The summed E-state index contributed by atoms with van der Waals surface area (Å²) in [5, 5.41) is 3.16. The molecule has 0 unspecified atom stereocenters. The lowest BCUT2D eigenvalue weighted by Gasteiger charge is -2.14. The SMILES string of the molecule is CCOC(=O)c1[nH]c(C)c(-c2ccnc(Nc3cc(OC)c(OC)c(OC)c3)n2)c1C. The molecule has 0 fully saturated rings. The summed E-state index contributed by atoms with van der Waals surface area (Å²) in [6.45, 7) is 5.83. The van der Waals surface area contributed by atoms with Gasteiger partial charge in [0.2, 0.25) is 11.7 Å². The number of H-pyrrole nitrogens is 1. The normalized spacial score (nSPS) is 10.5. The molecule has 9 nitrogen and oxygen atoms in total. The Morgan fingerprint density at radius 2 is 1.77 bits per heavy atom. The van der Waals surface area contributed by atoms with E-state index >= 15 is 0 Å². The number of aryl methyl sites for hydroxylation is 1. The van der Waals surface area contributed by atoms with Crippen LogP contribution in [-0.2, 0) is 4.74 Å². The van der Waals surface area contributed by atoms with Gasteiger partial charge in [-0.3, -0.25) is 0 Å². The molecule has 0 atom stereocenters. The zero-order valence-corrected chi connectivity index (χ0v) is 18.5. The molecule has 0 aliphatic carbocycles. The highest BCUT2D eigenvalue weighted by atomic mass is 16.5. The Bertz CT molecular complexity index is 1070. The van der Waals surface area contributed by atoms with Crippen molar-refractivity contribution in [2.45, 2.75) is 20.8 Å². The highest BCUT2D eigenvalue weighted by Gasteiger charge is 2.20. The molecule has 31 heavy (non-hydrogen) atoms. The van der Waals surface area contributed by atoms with Crippen molar-refractivity contribution in [2.24, 2.45) is 0 Å². The van der Waals surface area contributed by atoms with Gasteiger partial charge in [0.15, 0.2) is 11.5 Å². The van der Waals surface area contributed by atoms with Crippen molar-refractivity contribution in [3.63, 3.8) is 0 Å². The van der Waals surface area contributed by atoms with Crippen molar-refractivity contribution in [3.05, 3.63) is 41.3 Å². The number of rotatable bonds is 8. The van der Waals surface area contributed by atoms with E-state index in [1.165, 1.54) is 0 Å². The predicted octanol–water partition coefficient (Wildman–Crippen LogP) is 4.03. The molecule has 0 amide bonds. The number of anilines is 2. The number of carbonyl (C=O) groups excluding carboxylic acids is 1. The monoisotopic (exact) mass is 426 g/mol. The Morgan fingerprint density at radius 3 is 2.35 bits per heavy atom. The lowest BCUT2D eigenvalue weighted by molar-refractivity contribution is 0.0519. The second-order valence-corrected chi connectivity index (χ2v) is 6.65. The molecule has 0 bridgehead atoms. The van der Waals surface area contributed by atoms with E-state index in [2.05, 4.69) is 20.3 Å². The number of nitrogens with one attached hydrogen (secondary N) is 2. The molecule has 0 aliphatic rings. The Hall–Kier alpha value is -3.75. The molecule has 9 heteroatoms. The minimum Gasteiger partial charge on any atom is -0.493 e. The van der Waals surface area contributed by atoms with Crippen LogP contribution in [0.3, 0.4) is 0 Å². The zero-order chi connectivity index (χ0) is 22.5. The second kappa shape index (κ2) is 9.38. The average Bonchev–Trinajstić information content (AvgIpc) is 3.07. The Balaban J connectivity index is 1.96. The minimum absolute atomic E-state index is 0.308. The highest BCUT2D eigenvalue weighted by Crippen LogP contribution is 2.40. The summed E-state index contributed by atoms with van der Waals surface area (Å²) in [5.41, 5.74) is 4.19. The first-order valence-corrected chi connectivity index (χ1v) is 9.70. The topological polar surface area (TPSA) is 108 Å². The van der Waals surface area contributed by atoms with E-state index in [-0.39, 0.29) is 5.97 Å². The van der Waals surface area contributed by atoms with Crippen LogP contribution in [0.15, 0.2) is 24.4 Å². The molecule has 3 rings (SSSR count). The number of esters is 1. The summed E-state index contributed by atoms with van der Waals surface area (Å²) >= 11 is 0. The zero-order valence-electron chi connectivity index (χ0n) is 18.5. The summed E-state index contributed by atoms with van der Waals surface area (Å²) in [6, 6.07) is 5.32. The number of methoxy groups -OCH3 is 3. The van der Waals surface area contributed by atoms with Gasteiger partial charge in [-0.05, 0) is 32.4 Å². The minimum atomic E-state index is -0.390. The van der Waals surface area contributed by atoms with Gasteiger partial charge in [-0.2, -0.15) is 0 Å². The Morgan fingerprint density at radius 1 is 1.10 bits per heavy atom. The number of aromatic amines is 1. The molecule has 0 saturated carbocycles. The molecule has 3 aromatic rings. The van der Waals surface area contributed by atoms with Crippen LogP contribution in [0.4, 0.5) is 11.6 Å². The average molecular weight is 426 g/mol. The molecule has 2 aromatic heterocycles. The summed E-state index contributed by atoms with van der Waals surface area (Å²) in [5.74, 6) is 1.51. The summed E-state index contributed by atoms with van der Waals surface area (Å²) in [4.78, 5) is 24.2. The van der Waals surface area contributed by atoms with Crippen LogP contribution in [0.25, 0.3) is 11.3 Å². The van der Waals surface area contributed by atoms with Crippen LogP contribution in [0.5, 0.6) is 17.2 Å². The highest BCUT2D eigenvalue weighted by molar-refractivity contribution is 5.92. The van der Waals surface area contributed by atoms with Crippen LogP contribution in [0, 0.1) is 13.8 Å². The number of carbonyl (C=O) groups is 1. The fourth-order valence-electron chi connectivity index (χ4n) is 3.38. The van der Waals surface area contributed by atoms with E-state index in [9.17, 15) is 4.79 Å². The quantitative estimate of drug-likeness (QED) is 0.520. The molecule has 0 aliphatic heterocycles. The van der Waals surface area contributed by atoms with Crippen LogP contribution in [0.2, 0.25) is 0 Å². The summed E-state index contributed by atoms with van der Waals surface area (Å²) in [7, 11) is 4.65. The lowest BCUT2D eigenvalue weighted by Crippen LogP contribution is -2.06. The standard InChI is InChI=1S/C22H26N4O5/c1-7-31-21(27)19-12(2)18(13(3)24-19)15-8-9-23-22(26-15)25-14-10-16(28-4)20(30-6)17(11-14)29-5/h8-11,24H,7H2,1-6H3,(H,23,25,26). The van der Waals surface area contributed by atoms with Crippen molar-refractivity contribution < 1.29 is 23.7 Å². The Kier molecular flexibility index (Phi) is 6.64. The molecular formula is C22H26N4O5. The largest absolute Gasteiger partial charge is 0.493 e. The third-order valence-corrected chi connectivity index (χ3v) is 4.75. The van der Waals surface area contributed by atoms with Crippen LogP contribution in [0.1, 0.15) is 28.7 Å². The molecule has 0 saturated heterocycles. The van der Waals surface area contributed by atoms with Crippen molar-refractivity contribution in [1.82, 2.24) is 15.0 Å². The smallest absolute Gasteiger partial charge is 0.355 e. The number of benzene rings is 1. The van der Waals surface area contributed by atoms with Crippen molar-refractivity contribution in [1.29, 1.82) is 0 Å². The van der Waals surface area contributed by atoms with Crippen LogP contribution < -0.4 is 19.5 Å². The molecule has 2 heterocycles. The fraction of sp³-hybridized carbons (Fsp3) is 0.318. The first-order valence-electron chi connectivity index (χ1n) is 9.70. The second-order valence-electron chi connectivity index (χ2n) is 6.65. The lowest BCUT2D eigenvalue weighted by atomic mass is 10.1. The first kappa shape index (κ1) is 21.9. The first-order chi connectivity index (χ1) is 14.9. The van der Waals surface area contributed by atoms with Crippen molar-refractivity contribution in [2.75, 3.05) is 33.3 Å². The van der Waals surface area contributed by atoms with Gasteiger partial charge < -0.3 is 29.2 Å². The Labute approximate surface area is 180 Å². The molecular weight excluding hydrogens is 400 g/mol. The molecule has 0 spiro atoms. The number of hydrogen-bond donors (Lipinski definition) is 2. The predicted molar refractivity (Wildman–Crippen MR) is 117 cm³/mol. The van der Waals surface area contributed by atoms with Crippen LogP contribution in [-0.4, -0.2) is 48.9 Å². The maximum atomic E-state index is 12.2. The summed E-state index contributed by atoms with van der Waals surface area (Å²) in [6.07, 6.45) is 1.65. The van der Waals surface area contributed by atoms with Gasteiger partial charge in [-0.15, -0.1) is 0 Å². The van der Waals surface area contributed by atoms with Gasteiger partial charge in [-0.25, -0.2) is 14.8 Å². The van der Waals surface area contributed by atoms with Crippen molar-refractivity contribution >= 4 is 17.6 Å². The number of aromatic nitrogens is 3. The third-order valence-electron chi connectivity index (χ3n) is 4.75. The van der Waals surface area contributed by atoms with Gasteiger partial charge in [0.1, 0.15) is 5.69 Å². The maximum Gasteiger partial charge on any atom is 0.355 e. The van der Waals surface area contributed by atoms with Gasteiger partial charge in [0.05, 0.1) is 33.6 Å². The number of ether oxygens (including phenoxy) is 4. The van der Waals surface area contributed by atoms with E-state index in [0.29, 0.717) is 46.9 Å². The number of hydrogen-bond acceptors (Lipinski definition) is 8. The third kappa shape index (κ3) is 4.40. The molecule has 1 aromatic carbocycles. The van der Waals surface area contributed by atoms with E-state index in [4.69, 9.17) is 18.9 Å². The van der Waals surface area contributed by atoms with E-state index in [0.717, 1.165) is 16.8 Å². The molecule has 2 N–H and O–H groups in total. The van der Waals surface area contributed by atoms with Gasteiger partial charge in [0, 0.05) is 35.3 Å². The fourth-order valence-corrected chi connectivity index (χ4v) is 3.38. The van der Waals surface area contributed by atoms with E-state index < -0.39 is 0 Å². The molecule has 164 valence electrons. The van der Waals surface area contributed by atoms with E-state index in [1.54, 1.807) is 52.6 Å². The summed E-state index contributed by atoms with van der Waals surface area (Å²) < 4.78 is 21.3. The number of nitrogens with zero attached hydrogens (tertiary/aromatic N) is 2. The van der Waals surface area contributed by atoms with Gasteiger partial charge in [-0.1, -0.05) is 0 Å². The maximum absolute atomic E-state index is 12.2. The van der Waals surface area contributed by atoms with Gasteiger partial charge >= 0.3 is 5.97 Å². The van der Waals surface area contributed by atoms with Gasteiger partial charge in [0.25, 0.3) is 0 Å². The molecule has 0 radical (unpaired) electrons. The van der Waals surface area contributed by atoms with Crippen molar-refractivity contribution in [3.8, 4) is 28.5 Å². The van der Waals surface area contributed by atoms with Crippen LogP contribution >= 0.6 is 0 Å². The van der Waals surface area contributed by atoms with E-state index in [1.807, 2.05) is 13.8 Å².